The molecule has 5 heterocycles. The number of carbonyl (C=O) groups is 1. The molecular formula is C24H26FN7O2. The molecule has 0 atom stereocenters. The number of rotatable bonds is 5. The van der Waals surface area contributed by atoms with Gasteiger partial charge < -0.3 is 19.9 Å². The van der Waals surface area contributed by atoms with Crippen molar-refractivity contribution in [1.29, 1.82) is 0 Å². The van der Waals surface area contributed by atoms with Gasteiger partial charge in [-0.2, -0.15) is 9.61 Å². The van der Waals surface area contributed by atoms with Crippen molar-refractivity contribution in [3.63, 3.8) is 0 Å². The van der Waals surface area contributed by atoms with Gasteiger partial charge in [0.1, 0.15) is 22.8 Å². The molecule has 1 aliphatic carbocycles. The zero-order valence-electron chi connectivity index (χ0n) is 18.9. The summed E-state index contributed by atoms with van der Waals surface area (Å²) in [6.45, 7) is 1.37. The Bertz CT molecular complexity index is 1390. The van der Waals surface area contributed by atoms with Gasteiger partial charge in [-0.25, -0.2) is 14.4 Å². The maximum atomic E-state index is 14.3. The number of halogens is 1. The van der Waals surface area contributed by atoms with Crippen molar-refractivity contribution in [2.24, 2.45) is 0 Å². The van der Waals surface area contributed by atoms with Crippen molar-refractivity contribution >= 4 is 28.4 Å². The number of fused-ring (bicyclic) bond motifs is 2. The first kappa shape index (κ1) is 21.0. The summed E-state index contributed by atoms with van der Waals surface area (Å²) in [7, 11) is 1.79. The first-order valence-corrected chi connectivity index (χ1v) is 11.7. The highest BCUT2D eigenvalue weighted by Gasteiger charge is 2.25. The zero-order valence-corrected chi connectivity index (χ0v) is 18.9. The molecule has 4 aromatic rings. The van der Waals surface area contributed by atoms with Crippen molar-refractivity contribution in [2.75, 3.05) is 25.6 Å². The lowest BCUT2D eigenvalue weighted by Crippen LogP contribution is -2.39. The van der Waals surface area contributed by atoms with Gasteiger partial charge >= 0.3 is 0 Å². The maximum absolute atomic E-state index is 14.3. The van der Waals surface area contributed by atoms with E-state index >= 15 is 0 Å². The largest absolute Gasteiger partial charge is 0.381 e. The monoisotopic (exact) mass is 463 g/mol. The molecule has 9 nitrogen and oxygen atoms in total. The van der Waals surface area contributed by atoms with E-state index in [1.54, 1.807) is 17.8 Å². The third-order valence-corrected chi connectivity index (χ3v) is 6.91. The van der Waals surface area contributed by atoms with E-state index in [2.05, 4.69) is 25.3 Å². The van der Waals surface area contributed by atoms with Gasteiger partial charge in [0, 0.05) is 55.6 Å². The molecular weight excluding hydrogens is 437 g/mol. The van der Waals surface area contributed by atoms with Crippen LogP contribution in [0.2, 0.25) is 0 Å². The fourth-order valence-corrected chi connectivity index (χ4v) is 4.81. The second kappa shape index (κ2) is 8.35. The van der Waals surface area contributed by atoms with Crippen LogP contribution in [0.1, 0.15) is 48.5 Å². The summed E-state index contributed by atoms with van der Waals surface area (Å²) in [6, 6.07) is 3.79. The van der Waals surface area contributed by atoms with E-state index in [1.165, 1.54) is 12.3 Å². The van der Waals surface area contributed by atoms with Crippen molar-refractivity contribution in [3.8, 4) is 11.3 Å². The van der Waals surface area contributed by atoms with Crippen LogP contribution >= 0.6 is 0 Å². The van der Waals surface area contributed by atoms with E-state index in [-0.39, 0.29) is 18.0 Å². The van der Waals surface area contributed by atoms with Crippen LogP contribution in [-0.2, 0) is 4.74 Å². The van der Waals surface area contributed by atoms with Gasteiger partial charge in [0.25, 0.3) is 5.91 Å². The minimum absolute atomic E-state index is 0.177. The van der Waals surface area contributed by atoms with Crippen LogP contribution in [0.4, 0.5) is 10.2 Å². The molecule has 0 unspecified atom stereocenters. The molecule has 1 aliphatic heterocycles. The van der Waals surface area contributed by atoms with Crippen LogP contribution in [0.5, 0.6) is 0 Å². The van der Waals surface area contributed by atoms with E-state index < -0.39 is 5.82 Å². The molecule has 1 amide bonds. The number of amides is 1. The van der Waals surface area contributed by atoms with E-state index in [1.807, 2.05) is 12.3 Å². The Kier molecular flexibility index (Phi) is 5.17. The van der Waals surface area contributed by atoms with Crippen LogP contribution in [0, 0.1) is 5.82 Å². The number of hydrogen-bond acceptors (Lipinski definition) is 6. The van der Waals surface area contributed by atoms with Crippen LogP contribution in [-0.4, -0.2) is 56.4 Å². The van der Waals surface area contributed by atoms with E-state index in [4.69, 9.17) is 9.72 Å². The molecule has 1 saturated heterocycles. The fraction of sp³-hybridized carbons (Fsp3) is 0.417. The highest BCUT2D eigenvalue weighted by Crippen LogP contribution is 2.35. The molecule has 0 radical (unpaired) electrons. The summed E-state index contributed by atoms with van der Waals surface area (Å²) in [5.41, 5.74) is 2.97. The van der Waals surface area contributed by atoms with Crippen molar-refractivity contribution in [2.45, 2.75) is 44.2 Å². The SMILES string of the molecule is CNc1cc(-c2cn(C3CCOCC3)c3ncc(F)cc23)nc2c(C(=O)NC3CCC3)cnn12. The molecule has 6 rings (SSSR count). The molecule has 0 bridgehead atoms. The quantitative estimate of drug-likeness (QED) is 0.470. The smallest absolute Gasteiger partial charge is 0.256 e. The normalized spacial score (nSPS) is 17.2. The van der Waals surface area contributed by atoms with Crippen LogP contribution in [0.15, 0.2) is 30.7 Å². The lowest BCUT2D eigenvalue weighted by Gasteiger charge is -2.26. The fourth-order valence-electron chi connectivity index (χ4n) is 4.81. The second-order valence-electron chi connectivity index (χ2n) is 8.99. The number of ether oxygens (including phenoxy) is 1. The number of aromatic nitrogens is 5. The minimum atomic E-state index is -0.404. The van der Waals surface area contributed by atoms with Crippen LogP contribution < -0.4 is 10.6 Å². The Hall–Kier alpha value is -3.53. The van der Waals surface area contributed by atoms with Gasteiger partial charge in [0.15, 0.2) is 5.65 Å². The standard InChI is InChI=1S/C24H26FN7O2/c1-26-21-10-20(30-23-18(12-28-32(21)23)24(33)29-15-3-2-4-15)19-13-31(16-5-7-34-8-6-16)22-17(19)9-14(25)11-27-22/h9-13,15-16,26H,2-8H2,1H3,(H,29,33). The number of anilines is 1. The first-order chi connectivity index (χ1) is 16.6. The molecule has 1 saturated carbocycles. The Morgan fingerprint density at radius 2 is 1.97 bits per heavy atom. The highest BCUT2D eigenvalue weighted by atomic mass is 19.1. The number of carbonyl (C=O) groups excluding carboxylic acids is 1. The molecule has 0 spiro atoms. The Morgan fingerprint density at radius 3 is 2.71 bits per heavy atom. The summed E-state index contributed by atoms with van der Waals surface area (Å²) in [4.78, 5) is 22.2. The Morgan fingerprint density at radius 1 is 1.15 bits per heavy atom. The first-order valence-electron chi connectivity index (χ1n) is 11.7. The number of pyridine rings is 1. The third-order valence-electron chi connectivity index (χ3n) is 6.91. The predicted octanol–water partition coefficient (Wildman–Crippen LogP) is 3.56. The van der Waals surface area contributed by atoms with Crippen molar-refractivity contribution in [3.05, 3.63) is 42.1 Å². The zero-order chi connectivity index (χ0) is 23.2. The molecule has 2 aliphatic rings. The van der Waals surface area contributed by atoms with Gasteiger partial charge in [0.05, 0.1) is 18.1 Å². The lowest BCUT2D eigenvalue weighted by atomic mass is 9.93. The Balaban J connectivity index is 1.50. The molecule has 0 aromatic carbocycles. The minimum Gasteiger partial charge on any atom is -0.381 e. The lowest BCUT2D eigenvalue weighted by molar-refractivity contribution is 0.0706. The molecule has 2 N–H and O–H groups in total. The predicted molar refractivity (Wildman–Crippen MR) is 125 cm³/mol. The van der Waals surface area contributed by atoms with Crippen LogP contribution in [0.25, 0.3) is 27.9 Å². The van der Waals surface area contributed by atoms with Gasteiger partial charge in [-0.3, -0.25) is 4.79 Å². The van der Waals surface area contributed by atoms with Crippen molar-refractivity contribution < 1.29 is 13.9 Å². The summed E-state index contributed by atoms with van der Waals surface area (Å²) < 4.78 is 23.5. The van der Waals surface area contributed by atoms with Gasteiger partial charge in [0.2, 0.25) is 0 Å². The maximum Gasteiger partial charge on any atom is 0.256 e. The van der Waals surface area contributed by atoms with Crippen LogP contribution in [0.3, 0.4) is 0 Å². The van der Waals surface area contributed by atoms with Crippen molar-refractivity contribution in [1.82, 2.24) is 29.5 Å². The topological polar surface area (TPSA) is 98.4 Å². The number of hydrogen-bond donors (Lipinski definition) is 2. The highest BCUT2D eigenvalue weighted by molar-refractivity contribution is 6.01. The average molecular weight is 464 g/mol. The van der Waals surface area contributed by atoms with E-state index in [9.17, 15) is 9.18 Å². The average Bonchev–Trinajstić information content (AvgIpc) is 3.43. The van der Waals surface area contributed by atoms with Gasteiger partial charge in [-0.15, -0.1) is 0 Å². The summed E-state index contributed by atoms with van der Waals surface area (Å²) in [6.07, 6.45) is 9.65. The summed E-state index contributed by atoms with van der Waals surface area (Å²) in [5.74, 6) is 0.0982. The molecule has 10 heteroatoms. The number of nitrogens with one attached hydrogen (secondary N) is 2. The molecule has 2 fully saturated rings. The Labute approximate surface area is 195 Å². The molecule has 176 valence electrons. The molecule has 34 heavy (non-hydrogen) atoms. The van der Waals surface area contributed by atoms with Gasteiger partial charge in [-0.05, 0) is 38.2 Å². The summed E-state index contributed by atoms with van der Waals surface area (Å²) >= 11 is 0. The number of nitrogens with zero attached hydrogens (tertiary/aromatic N) is 5. The molecule has 4 aromatic heterocycles. The third kappa shape index (κ3) is 3.49. The second-order valence-corrected chi connectivity index (χ2v) is 8.99. The van der Waals surface area contributed by atoms with E-state index in [0.29, 0.717) is 47.0 Å². The van der Waals surface area contributed by atoms with E-state index in [0.717, 1.165) is 37.7 Å². The summed E-state index contributed by atoms with van der Waals surface area (Å²) in [5, 5.41) is 11.3. The van der Waals surface area contributed by atoms with Gasteiger partial charge in [-0.1, -0.05) is 0 Å².